The molecule has 0 unspecified atom stereocenters. The van der Waals surface area contributed by atoms with E-state index in [0.29, 0.717) is 16.9 Å². The van der Waals surface area contributed by atoms with Gasteiger partial charge in [0.25, 0.3) is 0 Å². The van der Waals surface area contributed by atoms with Crippen LogP contribution in [0.15, 0.2) is 18.2 Å². The van der Waals surface area contributed by atoms with Crippen molar-refractivity contribution in [1.29, 1.82) is 0 Å². The fourth-order valence-electron chi connectivity index (χ4n) is 1.78. The van der Waals surface area contributed by atoms with Crippen LogP contribution in [0.25, 0.3) is 0 Å². The molecule has 0 saturated heterocycles. The summed E-state index contributed by atoms with van der Waals surface area (Å²) in [4.78, 5) is 13.1. The minimum Gasteiger partial charge on any atom is -0.478 e. The average Bonchev–Trinajstić information content (AvgIpc) is 2.17. The largest absolute Gasteiger partial charge is 0.478 e. The summed E-state index contributed by atoms with van der Waals surface area (Å²) in [6.45, 7) is 6.80. The molecule has 0 bridgehead atoms. The second kappa shape index (κ2) is 4.88. The van der Waals surface area contributed by atoms with Crippen LogP contribution in [0.4, 0.5) is 11.4 Å². The van der Waals surface area contributed by atoms with Crippen LogP contribution in [0, 0.1) is 0 Å². The van der Waals surface area contributed by atoms with Crippen LogP contribution in [-0.2, 0) is 0 Å². The number of nitrogen functional groups attached to an aromatic ring is 1. The van der Waals surface area contributed by atoms with E-state index >= 15 is 0 Å². The van der Waals surface area contributed by atoms with Crippen molar-refractivity contribution in [2.24, 2.45) is 0 Å². The van der Waals surface area contributed by atoms with E-state index in [1.54, 1.807) is 18.2 Å². The number of nitrogens with zero attached hydrogens (tertiary/aromatic N) is 1. The van der Waals surface area contributed by atoms with E-state index in [4.69, 9.17) is 10.8 Å². The predicted molar refractivity (Wildman–Crippen MR) is 66.0 cm³/mol. The van der Waals surface area contributed by atoms with Gasteiger partial charge < -0.3 is 15.7 Å². The highest BCUT2D eigenvalue weighted by molar-refractivity contribution is 5.95. The smallest absolute Gasteiger partial charge is 0.337 e. The van der Waals surface area contributed by atoms with Gasteiger partial charge in [0.15, 0.2) is 0 Å². The molecule has 88 valence electrons. The molecule has 0 aliphatic carbocycles. The van der Waals surface area contributed by atoms with Crippen LogP contribution in [0.3, 0.4) is 0 Å². The van der Waals surface area contributed by atoms with E-state index in [2.05, 4.69) is 0 Å². The van der Waals surface area contributed by atoms with Gasteiger partial charge in [-0.1, -0.05) is 0 Å². The molecular weight excluding hydrogens is 204 g/mol. The van der Waals surface area contributed by atoms with Gasteiger partial charge in [0, 0.05) is 18.3 Å². The van der Waals surface area contributed by atoms with Crippen molar-refractivity contribution in [3.8, 4) is 0 Å². The molecule has 0 aliphatic heterocycles. The number of anilines is 2. The molecule has 0 atom stereocenters. The Morgan fingerprint density at radius 2 is 2.12 bits per heavy atom. The Morgan fingerprint density at radius 3 is 2.56 bits per heavy atom. The van der Waals surface area contributed by atoms with Gasteiger partial charge in [-0.05, 0) is 39.0 Å². The van der Waals surface area contributed by atoms with E-state index in [-0.39, 0.29) is 6.04 Å². The maximum atomic E-state index is 11.1. The Bertz CT molecular complexity index is 389. The normalized spacial score (nSPS) is 10.5. The van der Waals surface area contributed by atoms with Crippen LogP contribution in [0.5, 0.6) is 0 Å². The fourth-order valence-corrected chi connectivity index (χ4v) is 1.78. The molecule has 0 heterocycles. The number of hydrogen-bond acceptors (Lipinski definition) is 3. The average molecular weight is 222 g/mol. The van der Waals surface area contributed by atoms with Gasteiger partial charge in [0.2, 0.25) is 0 Å². The Labute approximate surface area is 95.7 Å². The summed E-state index contributed by atoms with van der Waals surface area (Å²) >= 11 is 0. The van der Waals surface area contributed by atoms with Gasteiger partial charge in [-0.25, -0.2) is 4.79 Å². The zero-order valence-corrected chi connectivity index (χ0v) is 9.90. The third kappa shape index (κ3) is 2.45. The maximum absolute atomic E-state index is 11.1. The molecule has 0 saturated carbocycles. The Kier molecular flexibility index (Phi) is 3.77. The molecule has 3 N–H and O–H groups in total. The highest BCUT2D eigenvalue weighted by atomic mass is 16.4. The lowest BCUT2D eigenvalue weighted by atomic mass is 10.1. The predicted octanol–water partition coefficient (Wildman–Crippen LogP) is 2.20. The summed E-state index contributed by atoms with van der Waals surface area (Å²) in [7, 11) is 0. The summed E-state index contributed by atoms with van der Waals surface area (Å²) in [6.07, 6.45) is 0. The van der Waals surface area contributed by atoms with E-state index in [1.807, 2.05) is 25.7 Å². The molecule has 1 aromatic rings. The van der Waals surface area contributed by atoms with Crippen molar-refractivity contribution in [3.63, 3.8) is 0 Å². The van der Waals surface area contributed by atoms with Gasteiger partial charge in [-0.15, -0.1) is 0 Å². The first-order valence-electron chi connectivity index (χ1n) is 5.36. The molecule has 0 aliphatic rings. The van der Waals surface area contributed by atoms with Gasteiger partial charge in [-0.2, -0.15) is 0 Å². The molecule has 0 spiro atoms. The third-order valence-corrected chi connectivity index (χ3v) is 2.53. The number of aromatic carboxylic acids is 1. The van der Waals surface area contributed by atoms with Crippen molar-refractivity contribution in [2.45, 2.75) is 26.8 Å². The second-order valence-corrected chi connectivity index (χ2v) is 3.96. The molecule has 4 heteroatoms. The van der Waals surface area contributed by atoms with Crippen LogP contribution in [0.1, 0.15) is 31.1 Å². The zero-order valence-electron chi connectivity index (χ0n) is 9.90. The number of nitrogens with two attached hydrogens (primary N) is 1. The minimum atomic E-state index is -0.922. The Balaban J connectivity index is 3.27. The number of benzene rings is 1. The van der Waals surface area contributed by atoms with Crippen molar-refractivity contribution in [3.05, 3.63) is 23.8 Å². The minimum absolute atomic E-state index is 0.241. The van der Waals surface area contributed by atoms with Crippen LogP contribution >= 0.6 is 0 Å². The molecule has 16 heavy (non-hydrogen) atoms. The fraction of sp³-hybridized carbons (Fsp3) is 0.417. The molecule has 0 fully saturated rings. The molecular formula is C12H18N2O2. The van der Waals surface area contributed by atoms with Gasteiger partial charge in [-0.3, -0.25) is 0 Å². The summed E-state index contributed by atoms with van der Waals surface area (Å²) in [5.74, 6) is -0.922. The van der Waals surface area contributed by atoms with E-state index in [0.717, 1.165) is 6.54 Å². The first-order valence-corrected chi connectivity index (χ1v) is 5.36. The van der Waals surface area contributed by atoms with Gasteiger partial charge in [0.1, 0.15) is 0 Å². The topological polar surface area (TPSA) is 66.6 Å². The monoisotopic (exact) mass is 222 g/mol. The van der Waals surface area contributed by atoms with Gasteiger partial charge >= 0.3 is 5.97 Å². The van der Waals surface area contributed by atoms with E-state index in [1.165, 1.54) is 0 Å². The highest BCUT2D eigenvalue weighted by Gasteiger charge is 2.17. The van der Waals surface area contributed by atoms with Crippen molar-refractivity contribution < 1.29 is 9.90 Å². The highest BCUT2D eigenvalue weighted by Crippen LogP contribution is 2.25. The number of carboxylic acids is 1. The standard InChI is InChI=1S/C12H18N2O2/c1-4-14(8(2)3)11-7-9(13)5-6-10(11)12(15)16/h5-8H,4,13H2,1-3H3,(H,15,16). The Hall–Kier alpha value is -1.71. The first-order chi connectivity index (χ1) is 7.47. The summed E-state index contributed by atoms with van der Waals surface area (Å²) < 4.78 is 0. The number of hydrogen-bond donors (Lipinski definition) is 2. The molecule has 1 aromatic carbocycles. The summed E-state index contributed by atoms with van der Waals surface area (Å²) in [6, 6.07) is 5.12. The SMILES string of the molecule is CCN(c1cc(N)ccc1C(=O)O)C(C)C. The molecule has 4 nitrogen and oxygen atoms in total. The van der Waals surface area contributed by atoms with E-state index in [9.17, 15) is 4.79 Å². The van der Waals surface area contributed by atoms with E-state index < -0.39 is 5.97 Å². The maximum Gasteiger partial charge on any atom is 0.337 e. The summed E-state index contributed by atoms with van der Waals surface area (Å²) in [5.41, 5.74) is 7.26. The molecule has 1 rings (SSSR count). The van der Waals surface area contributed by atoms with Gasteiger partial charge in [0.05, 0.1) is 11.3 Å². The number of carbonyl (C=O) groups is 1. The molecule has 0 radical (unpaired) electrons. The molecule has 0 amide bonds. The third-order valence-electron chi connectivity index (χ3n) is 2.53. The summed E-state index contributed by atoms with van der Waals surface area (Å²) in [5, 5.41) is 9.12. The Morgan fingerprint density at radius 1 is 1.50 bits per heavy atom. The number of rotatable bonds is 4. The molecule has 0 aromatic heterocycles. The van der Waals surface area contributed by atoms with Crippen LogP contribution in [-0.4, -0.2) is 23.7 Å². The lowest BCUT2D eigenvalue weighted by molar-refractivity contribution is 0.0697. The number of carboxylic acid groups (broad SMARTS) is 1. The zero-order chi connectivity index (χ0) is 12.3. The second-order valence-electron chi connectivity index (χ2n) is 3.96. The van der Waals surface area contributed by atoms with Crippen LogP contribution < -0.4 is 10.6 Å². The quantitative estimate of drug-likeness (QED) is 0.766. The first kappa shape index (κ1) is 12.4. The lowest BCUT2D eigenvalue weighted by Crippen LogP contribution is -2.31. The lowest BCUT2D eigenvalue weighted by Gasteiger charge is -2.29. The van der Waals surface area contributed by atoms with Crippen molar-refractivity contribution in [1.82, 2.24) is 0 Å². The van der Waals surface area contributed by atoms with Crippen molar-refractivity contribution in [2.75, 3.05) is 17.2 Å². The van der Waals surface area contributed by atoms with Crippen LogP contribution in [0.2, 0.25) is 0 Å². The van der Waals surface area contributed by atoms with Crippen molar-refractivity contribution >= 4 is 17.3 Å².